The molecule has 7 nitrogen and oxygen atoms in total. The Morgan fingerprint density at radius 1 is 1.12 bits per heavy atom. The maximum atomic E-state index is 12.7. The van der Waals surface area contributed by atoms with Crippen LogP contribution in [0.15, 0.2) is 30.5 Å². The summed E-state index contributed by atoms with van der Waals surface area (Å²) in [5, 5.41) is 6.44. The van der Waals surface area contributed by atoms with Gasteiger partial charge in [-0.25, -0.2) is 9.78 Å². The van der Waals surface area contributed by atoms with Crippen molar-refractivity contribution >= 4 is 40.0 Å². The van der Waals surface area contributed by atoms with Crippen LogP contribution in [0.2, 0.25) is 5.02 Å². The topological polar surface area (TPSA) is 70.6 Å². The smallest absolute Gasteiger partial charge is 0.410 e. The van der Waals surface area contributed by atoms with E-state index in [2.05, 4.69) is 54.2 Å². The molecule has 0 bridgehead atoms. The van der Waals surface area contributed by atoms with Crippen molar-refractivity contribution in [2.24, 2.45) is 11.8 Å². The predicted octanol–water partition coefficient (Wildman–Crippen LogP) is 7.29. The second kappa shape index (κ2) is 11.1. The van der Waals surface area contributed by atoms with E-state index < -0.39 is 5.60 Å². The van der Waals surface area contributed by atoms with E-state index in [9.17, 15) is 4.79 Å². The van der Waals surface area contributed by atoms with Gasteiger partial charge < -0.3 is 19.9 Å². The van der Waals surface area contributed by atoms with E-state index in [0.29, 0.717) is 29.4 Å². The second-order valence-corrected chi connectivity index (χ2v) is 12.9. The number of rotatable bonds is 6. The van der Waals surface area contributed by atoms with Gasteiger partial charge in [0.05, 0.1) is 0 Å². The van der Waals surface area contributed by atoms with Crippen molar-refractivity contribution in [2.75, 3.05) is 29.9 Å². The monoisotopic (exact) mass is 563 g/mol. The lowest BCUT2D eigenvalue weighted by atomic mass is 10.0. The number of aromatic nitrogens is 2. The highest BCUT2D eigenvalue weighted by Gasteiger charge is 2.45. The van der Waals surface area contributed by atoms with Crippen molar-refractivity contribution in [1.29, 1.82) is 0 Å². The summed E-state index contributed by atoms with van der Waals surface area (Å²) in [6, 6.07) is 8.72. The first-order chi connectivity index (χ1) is 18.9. The molecule has 2 aromatic heterocycles. The highest BCUT2D eigenvalue weighted by Crippen LogP contribution is 2.44. The van der Waals surface area contributed by atoms with Gasteiger partial charge in [0.2, 0.25) is 0 Å². The Bertz CT molecular complexity index is 1380. The molecule has 1 aliphatic heterocycles. The molecule has 1 aliphatic carbocycles. The molecule has 1 N–H and O–H groups in total. The van der Waals surface area contributed by atoms with Crippen molar-refractivity contribution < 1.29 is 9.53 Å². The van der Waals surface area contributed by atoms with Gasteiger partial charge in [0.1, 0.15) is 11.4 Å². The first-order valence-corrected chi connectivity index (χ1v) is 14.8. The number of carbonyl (C=O) groups is 1. The third-order valence-electron chi connectivity index (χ3n) is 8.41. The number of nitrogens with zero attached hydrogens (tertiary/aromatic N) is 4. The van der Waals surface area contributed by atoms with E-state index in [0.717, 1.165) is 66.1 Å². The van der Waals surface area contributed by atoms with Crippen LogP contribution in [-0.2, 0) is 11.3 Å². The minimum Gasteiger partial charge on any atom is -0.444 e. The molecule has 2 fully saturated rings. The van der Waals surface area contributed by atoms with Crippen LogP contribution in [0.3, 0.4) is 0 Å². The number of amides is 1. The Hall–Kier alpha value is -3.06. The third-order valence-corrected chi connectivity index (χ3v) is 8.62. The van der Waals surface area contributed by atoms with Crippen LogP contribution in [0, 0.1) is 32.6 Å². The third kappa shape index (κ3) is 5.85. The normalized spacial score (nSPS) is 20.6. The first kappa shape index (κ1) is 28.5. The fraction of sp³-hybridized carbons (Fsp3) is 0.531. The van der Waals surface area contributed by atoms with E-state index in [-0.39, 0.29) is 6.09 Å². The fourth-order valence-corrected chi connectivity index (χ4v) is 6.93. The summed E-state index contributed by atoms with van der Waals surface area (Å²) in [6.07, 6.45) is 3.80. The predicted molar refractivity (Wildman–Crippen MR) is 163 cm³/mol. The molecule has 3 heterocycles. The van der Waals surface area contributed by atoms with Crippen molar-refractivity contribution in [3.63, 3.8) is 0 Å². The number of benzene rings is 1. The molecule has 8 heteroatoms. The molecule has 2 atom stereocenters. The molecular formula is C32H42ClN5O2. The molecule has 40 heavy (non-hydrogen) atoms. The van der Waals surface area contributed by atoms with Gasteiger partial charge in [-0.05, 0) is 109 Å². The molecule has 1 aromatic carbocycles. The summed E-state index contributed by atoms with van der Waals surface area (Å²) in [4.78, 5) is 26.4. The maximum absolute atomic E-state index is 12.7. The number of anilines is 2. The van der Waals surface area contributed by atoms with Gasteiger partial charge in [0.25, 0.3) is 0 Å². The molecule has 0 radical (unpaired) electrons. The van der Waals surface area contributed by atoms with Crippen LogP contribution in [-0.4, -0.2) is 52.2 Å². The number of hydrogen-bond acceptors (Lipinski definition) is 6. The van der Waals surface area contributed by atoms with Crippen LogP contribution in [0.25, 0.3) is 10.8 Å². The molecule has 1 saturated heterocycles. The van der Waals surface area contributed by atoms with Crippen LogP contribution in [0.4, 0.5) is 16.3 Å². The number of hydrogen-bond donors (Lipinski definition) is 1. The number of nitrogens with one attached hydrogen (secondary N) is 1. The lowest BCUT2D eigenvalue weighted by Gasteiger charge is -2.33. The number of carbonyl (C=O) groups excluding carboxylic acids is 1. The van der Waals surface area contributed by atoms with Gasteiger partial charge in [-0.2, -0.15) is 0 Å². The molecule has 2 aliphatic rings. The maximum Gasteiger partial charge on any atom is 0.410 e. The van der Waals surface area contributed by atoms with Crippen molar-refractivity contribution in [2.45, 2.75) is 79.5 Å². The standard InChI is InChI=1S/C32H42ClN5O2/c1-8-38(25-12-22-17-37(18-23(22)13-25)31(39)40-32(5,6)7)29-15-24(33)14-27-26(29)9-10-34-30(27)35-16-28-19(2)11-20(3)36-21(28)4/h9-11,14-15,22-23,25H,8,12-13,16-18H2,1-7H3,(H,34,35). The van der Waals surface area contributed by atoms with Gasteiger partial charge in [0, 0.05) is 71.3 Å². The van der Waals surface area contributed by atoms with Gasteiger partial charge >= 0.3 is 6.09 Å². The number of pyridine rings is 2. The first-order valence-electron chi connectivity index (χ1n) is 14.4. The minimum absolute atomic E-state index is 0.189. The molecule has 0 spiro atoms. The van der Waals surface area contributed by atoms with Crippen molar-refractivity contribution in [3.05, 3.63) is 58.0 Å². The number of aryl methyl sites for hydroxylation is 3. The quantitative estimate of drug-likeness (QED) is 0.339. The number of likely N-dealkylation sites (tertiary alicyclic amines) is 1. The number of fused-ring (bicyclic) bond motifs is 2. The van der Waals surface area contributed by atoms with Crippen LogP contribution in [0.1, 0.15) is 63.1 Å². The van der Waals surface area contributed by atoms with E-state index in [4.69, 9.17) is 21.3 Å². The highest BCUT2D eigenvalue weighted by molar-refractivity contribution is 6.32. The highest BCUT2D eigenvalue weighted by atomic mass is 35.5. The fourth-order valence-electron chi connectivity index (χ4n) is 6.72. The van der Waals surface area contributed by atoms with Gasteiger partial charge in [-0.3, -0.25) is 4.98 Å². The zero-order valence-corrected chi connectivity index (χ0v) is 25.6. The van der Waals surface area contributed by atoms with E-state index in [1.165, 1.54) is 11.1 Å². The summed E-state index contributed by atoms with van der Waals surface area (Å²) < 4.78 is 5.64. The minimum atomic E-state index is -0.471. The molecule has 2 unspecified atom stereocenters. The molecule has 1 saturated carbocycles. The van der Waals surface area contributed by atoms with E-state index >= 15 is 0 Å². The second-order valence-electron chi connectivity index (χ2n) is 12.5. The largest absolute Gasteiger partial charge is 0.444 e. The Balaban J connectivity index is 1.36. The van der Waals surface area contributed by atoms with Gasteiger partial charge in [-0.15, -0.1) is 0 Å². The zero-order valence-electron chi connectivity index (χ0n) is 24.8. The summed E-state index contributed by atoms with van der Waals surface area (Å²) in [6.45, 7) is 17.3. The molecule has 5 rings (SSSR count). The van der Waals surface area contributed by atoms with Gasteiger partial charge in [-0.1, -0.05) is 11.6 Å². The summed E-state index contributed by atoms with van der Waals surface area (Å²) in [5.41, 5.74) is 5.17. The molecule has 3 aromatic rings. The Labute approximate surface area is 243 Å². The summed E-state index contributed by atoms with van der Waals surface area (Å²) >= 11 is 6.74. The Morgan fingerprint density at radius 2 is 1.82 bits per heavy atom. The van der Waals surface area contributed by atoms with Crippen LogP contribution >= 0.6 is 11.6 Å². The Morgan fingerprint density at radius 3 is 2.45 bits per heavy atom. The summed E-state index contributed by atoms with van der Waals surface area (Å²) in [5.74, 6) is 1.81. The molecular weight excluding hydrogens is 522 g/mol. The zero-order chi connectivity index (χ0) is 28.8. The average molecular weight is 564 g/mol. The van der Waals surface area contributed by atoms with Crippen molar-refractivity contribution in [1.82, 2.24) is 14.9 Å². The number of ether oxygens (including phenoxy) is 1. The summed E-state index contributed by atoms with van der Waals surface area (Å²) in [7, 11) is 0. The van der Waals surface area contributed by atoms with E-state index in [1.807, 2.05) is 44.9 Å². The van der Waals surface area contributed by atoms with E-state index in [1.54, 1.807) is 0 Å². The SMILES string of the molecule is CCN(c1cc(Cl)cc2c(NCc3c(C)cc(C)nc3C)nccc12)C1CC2CN(C(=O)OC(C)(C)C)CC2C1. The van der Waals surface area contributed by atoms with Crippen molar-refractivity contribution in [3.8, 4) is 0 Å². The van der Waals surface area contributed by atoms with Crippen LogP contribution in [0.5, 0.6) is 0 Å². The lowest BCUT2D eigenvalue weighted by molar-refractivity contribution is 0.0279. The lowest BCUT2D eigenvalue weighted by Crippen LogP contribution is -2.38. The average Bonchev–Trinajstić information content (AvgIpc) is 3.43. The Kier molecular flexibility index (Phi) is 7.88. The molecule has 214 valence electrons. The van der Waals surface area contributed by atoms with Gasteiger partial charge in [0.15, 0.2) is 0 Å². The number of halogens is 1. The van der Waals surface area contributed by atoms with Crippen LogP contribution < -0.4 is 10.2 Å². The molecule has 1 amide bonds.